The van der Waals surface area contributed by atoms with Crippen molar-refractivity contribution in [2.24, 2.45) is 5.92 Å². The Bertz CT molecular complexity index is 1570. The second kappa shape index (κ2) is 13.7. The number of halogens is 2. The topological polar surface area (TPSA) is 99.2 Å². The molecule has 2 N–H and O–H groups in total. The standard InChI is InChI=1S/C34H39ClFN3O5S/c1-20-5-4-12-38(20)23-15-24(18-44-25-10-8-21(9-11-25)34(42)43)39(17-23)32(40)14-22-13-28(35)30(16-29(22)36)37-33(41)27-19-45-31-7-3-2-6-26(27)31/h2-3,6-7,13,16,19-21,23-25H,4-5,8-12,14-15,17-18H2,1H3,(H,37,41)(H,42,43)/t20-,21?,23-,24-,25?/m0/s1. The third kappa shape index (κ3) is 7.04. The van der Waals surface area contributed by atoms with Crippen molar-refractivity contribution in [1.29, 1.82) is 0 Å². The van der Waals surface area contributed by atoms with E-state index in [1.165, 1.54) is 23.5 Å². The Labute approximate surface area is 271 Å². The molecule has 2 aliphatic heterocycles. The number of carboxylic acids is 1. The van der Waals surface area contributed by atoms with Crippen LogP contribution < -0.4 is 5.32 Å². The number of carboxylic acid groups (broad SMARTS) is 1. The minimum Gasteiger partial charge on any atom is -0.481 e. The van der Waals surface area contributed by atoms with Crippen LogP contribution in [0.3, 0.4) is 0 Å². The molecule has 8 nitrogen and oxygen atoms in total. The van der Waals surface area contributed by atoms with Gasteiger partial charge in [-0.25, -0.2) is 4.39 Å². The van der Waals surface area contributed by atoms with Gasteiger partial charge in [0, 0.05) is 34.1 Å². The number of thiophene rings is 1. The van der Waals surface area contributed by atoms with Crippen LogP contribution in [-0.2, 0) is 20.7 Å². The van der Waals surface area contributed by atoms with Crippen molar-refractivity contribution in [2.75, 3.05) is 25.0 Å². The number of ether oxygens (including phenoxy) is 1. The highest BCUT2D eigenvalue weighted by Crippen LogP contribution is 2.33. The van der Waals surface area contributed by atoms with E-state index in [1.807, 2.05) is 29.2 Å². The van der Waals surface area contributed by atoms with Gasteiger partial charge < -0.3 is 20.1 Å². The zero-order valence-electron chi connectivity index (χ0n) is 25.3. The predicted molar refractivity (Wildman–Crippen MR) is 174 cm³/mol. The number of hydrogen-bond donors (Lipinski definition) is 2. The molecule has 11 heteroatoms. The number of amides is 2. The first kappa shape index (κ1) is 31.9. The Morgan fingerprint density at radius 2 is 1.91 bits per heavy atom. The van der Waals surface area contributed by atoms with Crippen molar-refractivity contribution < 1.29 is 28.6 Å². The highest BCUT2D eigenvalue weighted by atomic mass is 35.5. The van der Waals surface area contributed by atoms with Crippen LogP contribution in [0.4, 0.5) is 10.1 Å². The molecule has 45 heavy (non-hydrogen) atoms. The van der Waals surface area contributed by atoms with E-state index in [2.05, 4.69) is 17.1 Å². The van der Waals surface area contributed by atoms with Crippen LogP contribution in [0.25, 0.3) is 10.1 Å². The maximum atomic E-state index is 15.4. The van der Waals surface area contributed by atoms with Crippen LogP contribution >= 0.6 is 22.9 Å². The summed E-state index contributed by atoms with van der Waals surface area (Å²) in [6, 6.07) is 10.7. The van der Waals surface area contributed by atoms with E-state index < -0.39 is 11.8 Å². The smallest absolute Gasteiger partial charge is 0.306 e. The molecule has 1 aromatic heterocycles. The first-order valence-corrected chi connectivity index (χ1v) is 17.1. The second-order valence-electron chi connectivity index (χ2n) is 12.7. The van der Waals surface area contributed by atoms with Gasteiger partial charge in [0.05, 0.1) is 47.4 Å². The number of carbonyl (C=O) groups excluding carboxylic acids is 2. The molecule has 3 fully saturated rings. The van der Waals surface area contributed by atoms with Gasteiger partial charge in [0.2, 0.25) is 5.91 Å². The highest BCUT2D eigenvalue weighted by molar-refractivity contribution is 7.17. The number of nitrogens with one attached hydrogen (secondary N) is 1. The summed E-state index contributed by atoms with van der Waals surface area (Å²) in [6.45, 7) is 4.15. The number of aliphatic carboxylic acids is 1. The molecule has 2 amide bonds. The Morgan fingerprint density at radius 3 is 2.64 bits per heavy atom. The van der Waals surface area contributed by atoms with Crippen molar-refractivity contribution in [3.05, 3.63) is 63.7 Å². The van der Waals surface area contributed by atoms with E-state index in [0.717, 1.165) is 35.9 Å². The van der Waals surface area contributed by atoms with Crippen LogP contribution in [0.5, 0.6) is 0 Å². The number of benzene rings is 2. The molecular weight excluding hydrogens is 617 g/mol. The largest absolute Gasteiger partial charge is 0.481 e. The molecular formula is C34H39ClFN3O5S. The number of hydrogen-bond acceptors (Lipinski definition) is 6. The van der Waals surface area contributed by atoms with Gasteiger partial charge in [-0.15, -0.1) is 11.3 Å². The SMILES string of the molecule is C[C@H]1CCCN1[C@H]1C[C@@H](COC2CCC(C(=O)O)CC2)N(C(=O)Cc2cc(Cl)c(NC(=O)c3csc4ccccc34)cc2F)C1. The predicted octanol–water partition coefficient (Wildman–Crippen LogP) is 6.60. The number of carbonyl (C=O) groups is 3. The van der Waals surface area contributed by atoms with Gasteiger partial charge in [-0.1, -0.05) is 29.8 Å². The fraction of sp³-hybridized carbons (Fsp3) is 0.500. The normalized spacial score (nSPS) is 25.6. The summed E-state index contributed by atoms with van der Waals surface area (Å²) in [5, 5.41) is 14.8. The first-order chi connectivity index (χ1) is 21.7. The van der Waals surface area contributed by atoms with Gasteiger partial charge in [-0.3, -0.25) is 19.3 Å². The number of fused-ring (bicyclic) bond motifs is 1. The third-order valence-corrected chi connectivity index (χ3v) is 11.1. The van der Waals surface area contributed by atoms with Crippen LogP contribution in [0.2, 0.25) is 5.02 Å². The fourth-order valence-electron chi connectivity index (χ4n) is 7.24. The summed E-state index contributed by atoms with van der Waals surface area (Å²) >= 11 is 7.98. The van der Waals surface area contributed by atoms with Crippen molar-refractivity contribution in [3.63, 3.8) is 0 Å². The van der Waals surface area contributed by atoms with Gasteiger partial charge in [0.1, 0.15) is 5.82 Å². The van der Waals surface area contributed by atoms with Crippen molar-refractivity contribution in [3.8, 4) is 0 Å². The molecule has 3 aromatic rings. The number of rotatable bonds is 9. The molecule has 1 saturated carbocycles. The van der Waals surface area contributed by atoms with E-state index in [0.29, 0.717) is 50.4 Å². The minimum atomic E-state index is -0.748. The molecule has 3 atom stereocenters. The summed E-state index contributed by atoms with van der Waals surface area (Å²) in [4.78, 5) is 42.4. The molecule has 2 saturated heterocycles. The monoisotopic (exact) mass is 655 g/mol. The lowest BCUT2D eigenvalue weighted by Crippen LogP contribution is -2.42. The van der Waals surface area contributed by atoms with E-state index >= 15 is 4.39 Å². The zero-order valence-corrected chi connectivity index (χ0v) is 26.9. The lowest BCUT2D eigenvalue weighted by molar-refractivity contribution is -0.144. The van der Waals surface area contributed by atoms with Crippen LogP contribution in [0, 0.1) is 11.7 Å². The number of anilines is 1. The lowest BCUT2D eigenvalue weighted by Gasteiger charge is -2.30. The first-order valence-electron chi connectivity index (χ1n) is 15.8. The van der Waals surface area contributed by atoms with Crippen LogP contribution in [-0.4, -0.2) is 76.6 Å². The van der Waals surface area contributed by atoms with E-state index in [-0.39, 0.29) is 58.6 Å². The summed E-state index contributed by atoms with van der Waals surface area (Å²) in [7, 11) is 0. The van der Waals surface area contributed by atoms with Gasteiger partial charge in [0.25, 0.3) is 5.91 Å². The third-order valence-electron chi connectivity index (χ3n) is 9.79. The van der Waals surface area contributed by atoms with Gasteiger partial charge in [0.15, 0.2) is 0 Å². The molecule has 3 heterocycles. The van der Waals surface area contributed by atoms with Gasteiger partial charge in [-0.05, 0) is 82.2 Å². The molecule has 6 rings (SSSR count). The maximum Gasteiger partial charge on any atom is 0.306 e. The molecule has 0 spiro atoms. The maximum absolute atomic E-state index is 15.4. The molecule has 1 aliphatic carbocycles. The Hall–Kier alpha value is -3.05. The Morgan fingerprint density at radius 1 is 1.13 bits per heavy atom. The van der Waals surface area contributed by atoms with Gasteiger partial charge in [-0.2, -0.15) is 0 Å². The van der Waals surface area contributed by atoms with Crippen molar-refractivity contribution in [1.82, 2.24) is 9.80 Å². The fourth-order valence-corrected chi connectivity index (χ4v) is 8.42. The molecule has 0 unspecified atom stereocenters. The molecule has 2 aromatic carbocycles. The van der Waals surface area contributed by atoms with Crippen molar-refractivity contribution in [2.45, 2.75) is 82.5 Å². The van der Waals surface area contributed by atoms with E-state index in [1.54, 1.807) is 5.38 Å². The van der Waals surface area contributed by atoms with Crippen molar-refractivity contribution >= 4 is 56.5 Å². The average molecular weight is 656 g/mol. The number of nitrogens with zero attached hydrogens (tertiary/aromatic N) is 2. The molecule has 240 valence electrons. The Kier molecular flexibility index (Phi) is 9.75. The van der Waals surface area contributed by atoms with Gasteiger partial charge >= 0.3 is 5.97 Å². The molecule has 0 radical (unpaired) electrons. The Balaban J connectivity index is 1.13. The quantitative estimate of drug-likeness (QED) is 0.270. The van der Waals surface area contributed by atoms with Crippen LogP contribution in [0.15, 0.2) is 41.8 Å². The lowest BCUT2D eigenvalue weighted by atomic mass is 9.87. The molecule has 0 bridgehead atoms. The van der Waals surface area contributed by atoms with Crippen LogP contribution in [0.1, 0.15) is 67.8 Å². The zero-order chi connectivity index (χ0) is 31.7. The number of likely N-dealkylation sites (tertiary alicyclic amines) is 2. The summed E-state index contributed by atoms with van der Waals surface area (Å²) in [6.07, 6.45) is 5.46. The summed E-state index contributed by atoms with van der Waals surface area (Å²) < 4.78 is 22.7. The minimum absolute atomic E-state index is 0.0200. The average Bonchev–Trinajstić information content (AvgIpc) is 3.77. The summed E-state index contributed by atoms with van der Waals surface area (Å²) in [5.41, 5.74) is 0.817. The van der Waals surface area contributed by atoms with E-state index in [4.69, 9.17) is 16.3 Å². The van der Waals surface area contributed by atoms with E-state index in [9.17, 15) is 19.5 Å². The second-order valence-corrected chi connectivity index (χ2v) is 14.0. The highest BCUT2D eigenvalue weighted by Gasteiger charge is 2.41. The summed E-state index contributed by atoms with van der Waals surface area (Å²) in [5.74, 6) is -2.24. The molecule has 3 aliphatic rings.